The summed E-state index contributed by atoms with van der Waals surface area (Å²) in [5.74, 6) is 1.04. The van der Waals surface area contributed by atoms with Gasteiger partial charge in [-0.1, -0.05) is 12.1 Å². The fourth-order valence-electron chi connectivity index (χ4n) is 2.04. The van der Waals surface area contributed by atoms with Gasteiger partial charge in [0.2, 0.25) is 5.91 Å². The van der Waals surface area contributed by atoms with E-state index in [1.54, 1.807) is 36.4 Å². The van der Waals surface area contributed by atoms with Crippen molar-refractivity contribution in [3.05, 3.63) is 48.5 Å². The Kier molecular flexibility index (Phi) is 6.65. The Labute approximate surface area is 146 Å². The van der Waals surface area contributed by atoms with Gasteiger partial charge in [0, 0.05) is 18.3 Å². The smallest absolute Gasteiger partial charge is 0.321 e. The number of carbonyl (C=O) groups is 2. The molecule has 0 aliphatic heterocycles. The minimum atomic E-state index is -0.402. The molecule has 0 heterocycles. The predicted molar refractivity (Wildman–Crippen MR) is 96.0 cm³/mol. The van der Waals surface area contributed by atoms with Crippen molar-refractivity contribution in [1.82, 2.24) is 5.32 Å². The second kappa shape index (κ2) is 9.17. The summed E-state index contributed by atoms with van der Waals surface area (Å²) in [5.41, 5.74) is 1.26. The molecule has 0 radical (unpaired) electrons. The molecule has 3 amide bonds. The van der Waals surface area contributed by atoms with Gasteiger partial charge < -0.3 is 25.4 Å². The van der Waals surface area contributed by atoms with E-state index in [9.17, 15) is 9.59 Å². The van der Waals surface area contributed by atoms with E-state index in [4.69, 9.17) is 9.47 Å². The Morgan fingerprint density at radius 2 is 1.44 bits per heavy atom. The first kappa shape index (κ1) is 18.1. The lowest BCUT2D eigenvalue weighted by Gasteiger charge is -2.12. The molecule has 7 heteroatoms. The van der Waals surface area contributed by atoms with Crippen LogP contribution in [-0.2, 0) is 4.79 Å². The van der Waals surface area contributed by atoms with Crippen LogP contribution in [0, 0.1) is 0 Å². The van der Waals surface area contributed by atoms with Crippen molar-refractivity contribution in [3.8, 4) is 11.5 Å². The van der Waals surface area contributed by atoms with Gasteiger partial charge in [-0.25, -0.2) is 4.79 Å². The molecular formula is C18H21N3O4. The van der Waals surface area contributed by atoms with E-state index < -0.39 is 6.03 Å². The number of nitrogens with one attached hydrogen (secondary N) is 3. The van der Waals surface area contributed by atoms with Crippen LogP contribution in [0.3, 0.4) is 0 Å². The quantitative estimate of drug-likeness (QED) is 0.674. The van der Waals surface area contributed by atoms with Crippen LogP contribution >= 0.6 is 0 Å². The number of rotatable bonds is 7. The molecule has 2 aromatic carbocycles. The maximum atomic E-state index is 11.9. The normalized spacial score (nSPS) is 9.84. The zero-order valence-corrected chi connectivity index (χ0v) is 14.2. The highest BCUT2D eigenvalue weighted by Gasteiger charge is 2.05. The molecule has 7 nitrogen and oxygen atoms in total. The zero-order valence-electron chi connectivity index (χ0n) is 14.2. The summed E-state index contributed by atoms with van der Waals surface area (Å²) in [5, 5.41) is 7.93. The van der Waals surface area contributed by atoms with Gasteiger partial charge in [-0.3, -0.25) is 4.79 Å². The molecule has 0 aliphatic rings. The highest BCUT2D eigenvalue weighted by molar-refractivity contribution is 5.91. The van der Waals surface area contributed by atoms with Crippen molar-refractivity contribution in [3.63, 3.8) is 0 Å². The number of carbonyl (C=O) groups excluding carboxylic acids is 2. The molecule has 0 saturated heterocycles. The van der Waals surface area contributed by atoms with E-state index in [0.29, 0.717) is 29.5 Å². The van der Waals surface area contributed by atoms with Crippen LogP contribution < -0.4 is 25.4 Å². The molecule has 2 aromatic rings. The summed E-state index contributed by atoms with van der Waals surface area (Å²) in [6.45, 7) is 3.85. The first-order valence-electron chi connectivity index (χ1n) is 7.85. The minimum absolute atomic E-state index is 0.000103. The van der Waals surface area contributed by atoms with Crippen molar-refractivity contribution >= 4 is 23.3 Å². The van der Waals surface area contributed by atoms with Crippen LogP contribution in [0.2, 0.25) is 0 Å². The Hall–Kier alpha value is -3.22. The van der Waals surface area contributed by atoms with E-state index in [1.807, 2.05) is 19.1 Å². The molecule has 0 saturated carbocycles. The van der Waals surface area contributed by atoms with Crippen LogP contribution in [0.15, 0.2) is 48.5 Å². The molecule has 25 heavy (non-hydrogen) atoms. The number of anilines is 2. The van der Waals surface area contributed by atoms with Gasteiger partial charge in [-0.2, -0.15) is 0 Å². The van der Waals surface area contributed by atoms with Crippen molar-refractivity contribution in [2.75, 3.05) is 24.0 Å². The maximum Gasteiger partial charge on any atom is 0.321 e. The molecular weight excluding hydrogens is 322 g/mol. The number of urea groups is 1. The number of benzene rings is 2. The zero-order chi connectivity index (χ0) is 18.1. The number of hydrogen-bond acceptors (Lipinski definition) is 4. The maximum absolute atomic E-state index is 11.9. The van der Waals surface area contributed by atoms with Crippen molar-refractivity contribution < 1.29 is 19.1 Å². The third kappa shape index (κ3) is 6.06. The highest BCUT2D eigenvalue weighted by atomic mass is 16.5. The van der Waals surface area contributed by atoms with Gasteiger partial charge >= 0.3 is 6.03 Å². The SMILES string of the molecule is CCOc1ccccc1OCNC(=O)Nc1ccc(NC(C)=O)cc1. The molecule has 132 valence electrons. The summed E-state index contributed by atoms with van der Waals surface area (Å²) in [4.78, 5) is 22.8. The third-order valence-corrected chi connectivity index (χ3v) is 3.07. The van der Waals surface area contributed by atoms with E-state index >= 15 is 0 Å². The lowest BCUT2D eigenvalue weighted by Crippen LogP contribution is -2.32. The average Bonchev–Trinajstić information content (AvgIpc) is 2.58. The fraction of sp³-hybridized carbons (Fsp3) is 0.222. The second-order valence-electron chi connectivity index (χ2n) is 5.06. The van der Waals surface area contributed by atoms with E-state index in [1.165, 1.54) is 6.92 Å². The first-order chi connectivity index (χ1) is 12.1. The van der Waals surface area contributed by atoms with Crippen LogP contribution in [0.5, 0.6) is 11.5 Å². The third-order valence-electron chi connectivity index (χ3n) is 3.07. The monoisotopic (exact) mass is 343 g/mol. The van der Waals surface area contributed by atoms with Crippen molar-refractivity contribution in [1.29, 1.82) is 0 Å². The molecule has 0 bridgehead atoms. The van der Waals surface area contributed by atoms with Gasteiger partial charge in [0.15, 0.2) is 18.2 Å². The van der Waals surface area contributed by atoms with Crippen LogP contribution in [0.25, 0.3) is 0 Å². The highest BCUT2D eigenvalue weighted by Crippen LogP contribution is 2.25. The van der Waals surface area contributed by atoms with Crippen LogP contribution in [-0.4, -0.2) is 25.3 Å². The Morgan fingerprint density at radius 1 is 0.880 bits per heavy atom. The minimum Gasteiger partial charge on any atom is -0.490 e. The first-order valence-corrected chi connectivity index (χ1v) is 7.85. The lowest BCUT2D eigenvalue weighted by molar-refractivity contribution is -0.114. The number of hydrogen-bond donors (Lipinski definition) is 3. The Bertz CT molecular complexity index is 717. The van der Waals surface area contributed by atoms with Crippen molar-refractivity contribution in [2.45, 2.75) is 13.8 Å². The largest absolute Gasteiger partial charge is 0.490 e. The number of para-hydroxylation sites is 2. The van der Waals surface area contributed by atoms with Gasteiger partial charge in [0.05, 0.1) is 6.61 Å². The lowest BCUT2D eigenvalue weighted by atomic mass is 10.3. The Morgan fingerprint density at radius 3 is 2.00 bits per heavy atom. The van der Waals surface area contributed by atoms with Crippen molar-refractivity contribution in [2.24, 2.45) is 0 Å². The molecule has 0 aromatic heterocycles. The predicted octanol–water partition coefficient (Wildman–Crippen LogP) is 3.20. The fourth-order valence-corrected chi connectivity index (χ4v) is 2.04. The summed E-state index contributed by atoms with van der Waals surface area (Å²) >= 11 is 0. The molecule has 0 spiro atoms. The molecule has 0 atom stereocenters. The standard InChI is InChI=1S/C18H21N3O4/c1-3-24-16-6-4-5-7-17(16)25-12-19-18(23)21-15-10-8-14(9-11-15)20-13(2)22/h4-11H,3,12H2,1-2H3,(H,20,22)(H2,19,21,23). The number of amides is 3. The van der Waals surface area contributed by atoms with Gasteiger partial charge in [0.1, 0.15) is 0 Å². The van der Waals surface area contributed by atoms with E-state index in [0.717, 1.165) is 0 Å². The van der Waals surface area contributed by atoms with Gasteiger partial charge in [-0.15, -0.1) is 0 Å². The molecule has 3 N–H and O–H groups in total. The van der Waals surface area contributed by atoms with Crippen LogP contribution in [0.4, 0.5) is 16.2 Å². The molecule has 0 unspecified atom stereocenters. The second-order valence-corrected chi connectivity index (χ2v) is 5.06. The van der Waals surface area contributed by atoms with Gasteiger partial charge in [0.25, 0.3) is 0 Å². The van der Waals surface area contributed by atoms with E-state index in [2.05, 4.69) is 16.0 Å². The summed E-state index contributed by atoms with van der Waals surface area (Å²) in [6.07, 6.45) is 0. The summed E-state index contributed by atoms with van der Waals surface area (Å²) in [6, 6.07) is 13.6. The average molecular weight is 343 g/mol. The topological polar surface area (TPSA) is 88.7 Å². The number of ether oxygens (including phenoxy) is 2. The molecule has 2 rings (SSSR count). The Balaban J connectivity index is 1.80. The molecule has 0 aliphatic carbocycles. The molecule has 0 fully saturated rings. The van der Waals surface area contributed by atoms with Crippen LogP contribution in [0.1, 0.15) is 13.8 Å². The van der Waals surface area contributed by atoms with E-state index in [-0.39, 0.29) is 12.6 Å². The summed E-state index contributed by atoms with van der Waals surface area (Å²) < 4.78 is 11.0. The summed E-state index contributed by atoms with van der Waals surface area (Å²) in [7, 11) is 0. The van der Waals surface area contributed by atoms with Gasteiger partial charge in [-0.05, 0) is 43.3 Å².